The number of nitrogens with one attached hydrogen (secondary N) is 2. The molecule has 1 atom stereocenters. The molecule has 4 amide bonds. The topological polar surface area (TPSA) is 78.5 Å². The van der Waals surface area contributed by atoms with E-state index in [9.17, 15) is 14.4 Å². The number of carbonyl (C=O) groups excluding carboxylic acids is 3. The van der Waals surface area contributed by atoms with Gasteiger partial charge in [-0.1, -0.05) is 43.7 Å². The molecule has 0 spiro atoms. The summed E-state index contributed by atoms with van der Waals surface area (Å²) in [4.78, 5) is 37.8. The monoisotopic (exact) mass is 331 g/mol. The van der Waals surface area contributed by atoms with Crippen LogP contribution in [0.25, 0.3) is 0 Å². The van der Waals surface area contributed by atoms with Crippen molar-refractivity contribution in [2.24, 2.45) is 0 Å². The van der Waals surface area contributed by atoms with Crippen LogP contribution >= 0.6 is 0 Å². The van der Waals surface area contributed by atoms with Gasteiger partial charge in [0.25, 0.3) is 5.91 Å². The quantitative estimate of drug-likeness (QED) is 0.785. The van der Waals surface area contributed by atoms with Gasteiger partial charge in [0.15, 0.2) is 0 Å². The molecule has 0 radical (unpaired) electrons. The lowest BCUT2D eigenvalue weighted by Gasteiger charge is -2.23. The molecule has 1 aliphatic rings. The van der Waals surface area contributed by atoms with Crippen LogP contribution in [0.2, 0.25) is 0 Å². The molecule has 6 heteroatoms. The Hall–Kier alpha value is -2.37. The van der Waals surface area contributed by atoms with Crippen LogP contribution in [-0.2, 0) is 9.59 Å². The molecule has 0 bridgehead atoms. The molecule has 1 heterocycles. The Labute approximate surface area is 142 Å². The van der Waals surface area contributed by atoms with E-state index in [1.165, 1.54) is 0 Å². The number of hydrogen-bond donors (Lipinski definition) is 2. The number of hydrogen-bond acceptors (Lipinski definition) is 3. The highest BCUT2D eigenvalue weighted by molar-refractivity contribution is 6.09. The van der Waals surface area contributed by atoms with Crippen LogP contribution in [0.1, 0.15) is 50.8 Å². The lowest BCUT2D eigenvalue weighted by molar-refractivity contribution is -0.135. The predicted octanol–water partition coefficient (Wildman–Crippen LogP) is 2.28. The average molecular weight is 331 g/mol. The van der Waals surface area contributed by atoms with E-state index in [2.05, 4.69) is 10.6 Å². The van der Waals surface area contributed by atoms with Crippen LogP contribution in [0.4, 0.5) is 4.79 Å². The zero-order valence-electron chi connectivity index (χ0n) is 14.7. The fourth-order valence-corrected chi connectivity index (χ4v) is 2.92. The molecule has 1 aromatic rings. The van der Waals surface area contributed by atoms with Gasteiger partial charge >= 0.3 is 6.03 Å². The van der Waals surface area contributed by atoms with Crippen molar-refractivity contribution >= 4 is 17.8 Å². The van der Waals surface area contributed by atoms with Crippen molar-refractivity contribution in [3.63, 3.8) is 0 Å². The van der Waals surface area contributed by atoms with Crippen LogP contribution in [0.3, 0.4) is 0 Å². The summed E-state index contributed by atoms with van der Waals surface area (Å²) in [6.45, 7) is 7.31. The highest BCUT2D eigenvalue weighted by atomic mass is 16.2. The Balaban J connectivity index is 2.00. The predicted molar refractivity (Wildman–Crippen MR) is 91.3 cm³/mol. The Morgan fingerprint density at radius 2 is 1.79 bits per heavy atom. The molecule has 0 saturated carbocycles. The van der Waals surface area contributed by atoms with Gasteiger partial charge in [0.05, 0.1) is 6.04 Å². The van der Waals surface area contributed by atoms with Gasteiger partial charge in [-0.25, -0.2) is 4.79 Å². The second kappa shape index (κ2) is 7.03. The van der Waals surface area contributed by atoms with Gasteiger partial charge in [-0.05, 0) is 32.3 Å². The highest BCUT2D eigenvalue weighted by Gasteiger charge is 2.49. The summed E-state index contributed by atoms with van der Waals surface area (Å²) < 4.78 is 0. The molecule has 2 rings (SSSR count). The van der Waals surface area contributed by atoms with Crippen LogP contribution in [0, 0.1) is 6.92 Å². The maximum absolute atomic E-state index is 12.5. The normalized spacial score (nSPS) is 17.6. The van der Waals surface area contributed by atoms with Crippen molar-refractivity contribution in [2.45, 2.75) is 52.1 Å². The van der Waals surface area contributed by atoms with E-state index in [-0.39, 0.29) is 24.4 Å². The number of imide groups is 1. The zero-order chi connectivity index (χ0) is 17.9. The maximum atomic E-state index is 12.5. The van der Waals surface area contributed by atoms with Crippen LogP contribution in [-0.4, -0.2) is 34.8 Å². The van der Waals surface area contributed by atoms with E-state index >= 15 is 0 Å². The van der Waals surface area contributed by atoms with E-state index in [1.54, 1.807) is 0 Å². The second-order valence-electron chi connectivity index (χ2n) is 6.31. The van der Waals surface area contributed by atoms with Crippen LogP contribution in [0.15, 0.2) is 24.3 Å². The first-order valence-corrected chi connectivity index (χ1v) is 8.33. The summed E-state index contributed by atoms with van der Waals surface area (Å²) >= 11 is 0. The average Bonchev–Trinajstić information content (AvgIpc) is 2.80. The van der Waals surface area contributed by atoms with E-state index in [0.29, 0.717) is 12.8 Å². The minimum atomic E-state index is -0.875. The van der Waals surface area contributed by atoms with Gasteiger partial charge < -0.3 is 10.6 Å². The third-order valence-corrected chi connectivity index (χ3v) is 4.71. The van der Waals surface area contributed by atoms with Gasteiger partial charge in [0, 0.05) is 0 Å². The summed E-state index contributed by atoms with van der Waals surface area (Å²) in [5, 5.41) is 5.55. The lowest BCUT2D eigenvalue weighted by atomic mass is 9.93. The Morgan fingerprint density at radius 1 is 1.21 bits per heavy atom. The smallest absolute Gasteiger partial charge is 0.325 e. The zero-order valence-corrected chi connectivity index (χ0v) is 14.7. The summed E-state index contributed by atoms with van der Waals surface area (Å²) in [5.41, 5.74) is 1.25. The largest absolute Gasteiger partial charge is 0.348 e. The fourth-order valence-electron chi connectivity index (χ4n) is 2.92. The molecule has 1 fully saturated rings. The number of benzene rings is 1. The SMILES string of the molecule is CCC1(CC)NC(=O)N(CC(=O)NC(C)c2ccc(C)cc2)C1=O. The molecular weight excluding hydrogens is 306 g/mol. The number of nitrogens with zero attached hydrogens (tertiary/aromatic N) is 1. The molecule has 1 unspecified atom stereocenters. The van der Waals surface area contributed by atoms with Crippen LogP contribution < -0.4 is 10.6 Å². The summed E-state index contributed by atoms with van der Waals surface area (Å²) in [7, 11) is 0. The summed E-state index contributed by atoms with van der Waals surface area (Å²) in [6, 6.07) is 7.17. The lowest BCUT2D eigenvalue weighted by Crippen LogP contribution is -2.46. The second-order valence-corrected chi connectivity index (χ2v) is 6.31. The van der Waals surface area contributed by atoms with Crippen molar-refractivity contribution in [2.75, 3.05) is 6.54 Å². The highest BCUT2D eigenvalue weighted by Crippen LogP contribution is 2.24. The Bertz CT molecular complexity index is 635. The molecular formula is C18H25N3O3. The Kier molecular flexibility index (Phi) is 5.26. The number of aryl methyl sites for hydroxylation is 1. The van der Waals surface area contributed by atoms with E-state index in [4.69, 9.17) is 0 Å². The Morgan fingerprint density at radius 3 is 2.29 bits per heavy atom. The molecule has 0 aliphatic carbocycles. The molecule has 0 aromatic heterocycles. The van der Waals surface area contributed by atoms with Crippen molar-refractivity contribution in [3.8, 4) is 0 Å². The van der Waals surface area contributed by atoms with E-state index in [0.717, 1.165) is 16.0 Å². The molecule has 2 N–H and O–H groups in total. The minimum Gasteiger partial charge on any atom is -0.348 e. The molecule has 1 aromatic carbocycles. The number of rotatable bonds is 6. The first kappa shape index (κ1) is 18.0. The van der Waals surface area contributed by atoms with Crippen molar-refractivity contribution < 1.29 is 14.4 Å². The molecule has 1 aliphatic heterocycles. The number of carbonyl (C=O) groups is 3. The fraction of sp³-hybridized carbons (Fsp3) is 0.500. The van der Waals surface area contributed by atoms with E-state index < -0.39 is 11.6 Å². The first-order chi connectivity index (χ1) is 11.3. The first-order valence-electron chi connectivity index (χ1n) is 8.33. The molecule has 6 nitrogen and oxygen atoms in total. The van der Waals surface area contributed by atoms with Crippen LogP contribution in [0.5, 0.6) is 0 Å². The summed E-state index contributed by atoms with van der Waals surface area (Å²) in [5.74, 6) is -0.676. The van der Waals surface area contributed by atoms with Crippen molar-refractivity contribution in [1.29, 1.82) is 0 Å². The van der Waals surface area contributed by atoms with Gasteiger partial charge in [-0.3, -0.25) is 14.5 Å². The maximum Gasteiger partial charge on any atom is 0.325 e. The third kappa shape index (κ3) is 3.42. The van der Waals surface area contributed by atoms with Crippen molar-refractivity contribution in [1.82, 2.24) is 15.5 Å². The molecule has 1 saturated heterocycles. The molecule has 24 heavy (non-hydrogen) atoms. The number of amides is 4. The standard InChI is InChI=1S/C18H25N3O3/c1-5-18(6-2)16(23)21(17(24)20-18)11-15(22)19-13(4)14-9-7-12(3)8-10-14/h7-10,13H,5-6,11H2,1-4H3,(H,19,22)(H,20,24). The van der Waals surface area contributed by atoms with Gasteiger partial charge in [-0.2, -0.15) is 0 Å². The van der Waals surface area contributed by atoms with E-state index in [1.807, 2.05) is 52.0 Å². The van der Waals surface area contributed by atoms with Crippen molar-refractivity contribution in [3.05, 3.63) is 35.4 Å². The minimum absolute atomic E-state index is 0.194. The van der Waals surface area contributed by atoms with Gasteiger partial charge in [-0.15, -0.1) is 0 Å². The number of urea groups is 1. The third-order valence-electron chi connectivity index (χ3n) is 4.71. The van der Waals surface area contributed by atoms with Gasteiger partial charge in [0.1, 0.15) is 12.1 Å². The summed E-state index contributed by atoms with van der Waals surface area (Å²) in [6.07, 6.45) is 1.01. The van der Waals surface area contributed by atoms with Gasteiger partial charge in [0.2, 0.25) is 5.91 Å². The molecule has 130 valence electrons.